The summed E-state index contributed by atoms with van der Waals surface area (Å²) < 4.78 is 5.21. The van der Waals surface area contributed by atoms with Crippen molar-refractivity contribution in [1.29, 1.82) is 0 Å². The number of nitrogens with one attached hydrogen (secondary N) is 1. The van der Waals surface area contributed by atoms with E-state index in [1.165, 1.54) is 11.8 Å². The molecule has 1 aliphatic heterocycles. The van der Waals surface area contributed by atoms with Gasteiger partial charge in [0.15, 0.2) is 10.9 Å². The molecule has 3 aromatic rings. The molecule has 2 heterocycles. The minimum Gasteiger partial charge on any atom is -0.459 e. The molecule has 2 aliphatic rings. The van der Waals surface area contributed by atoms with Gasteiger partial charge in [0.25, 0.3) is 5.91 Å². The molecule has 1 aromatic heterocycles. The molecule has 2 atom stereocenters. The van der Waals surface area contributed by atoms with Crippen LogP contribution in [0.3, 0.4) is 0 Å². The number of allylic oxidation sites excluding steroid dienone is 1. The molecule has 1 aliphatic carbocycles. The SMILES string of the molecule is O=C(NC(=S)N1N=C2/C(=C\c3ccccc3)CCCC2C1c1ccccc1)c1ccco1. The van der Waals surface area contributed by atoms with Gasteiger partial charge in [-0.2, -0.15) is 5.10 Å². The minimum atomic E-state index is -0.373. The maximum absolute atomic E-state index is 12.6. The summed E-state index contributed by atoms with van der Waals surface area (Å²) in [4.78, 5) is 12.6. The van der Waals surface area contributed by atoms with Crippen LogP contribution in [0.2, 0.25) is 0 Å². The van der Waals surface area contributed by atoms with Gasteiger partial charge in [-0.3, -0.25) is 10.1 Å². The van der Waals surface area contributed by atoms with Gasteiger partial charge in [-0.1, -0.05) is 60.7 Å². The summed E-state index contributed by atoms with van der Waals surface area (Å²) in [6, 6.07) is 23.8. The first kappa shape index (κ1) is 20.4. The number of hydrogen-bond donors (Lipinski definition) is 1. The number of carbonyl (C=O) groups excluding carboxylic acids is 1. The Bertz CT molecular complexity index is 1170. The molecule has 6 heteroatoms. The highest BCUT2D eigenvalue weighted by atomic mass is 32.1. The van der Waals surface area contributed by atoms with Gasteiger partial charge in [0.1, 0.15) is 0 Å². The van der Waals surface area contributed by atoms with Crippen LogP contribution in [-0.4, -0.2) is 21.7 Å². The van der Waals surface area contributed by atoms with Crippen LogP contribution in [0.15, 0.2) is 94.2 Å². The Balaban J connectivity index is 1.50. The summed E-state index contributed by atoms with van der Waals surface area (Å²) in [7, 11) is 0. The number of benzene rings is 2. The number of amides is 1. The Labute approximate surface area is 192 Å². The van der Waals surface area contributed by atoms with E-state index in [9.17, 15) is 4.79 Å². The molecule has 0 spiro atoms. The van der Waals surface area contributed by atoms with E-state index in [0.717, 1.165) is 36.1 Å². The smallest absolute Gasteiger partial charge is 0.293 e. The molecule has 160 valence electrons. The Morgan fingerprint density at radius 3 is 2.53 bits per heavy atom. The summed E-state index contributed by atoms with van der Waals surface area (Å²) in [5, 5.41) is 9.85. The van der Waals surface area contributed by atoms with Crippen LogP contribution >= 0.6 is 12.2 Å². The van der Waals surface area contributed by atoms with E-state index >= 15 is 0 Å². The van der Waals surface area contributed by atoms with Gasteiger partial charge in [0.05, 0.1) is 18.0 Å². The van der Waals surface area contributed by atoms with E-state index < -0.39 is 0 Å². The second kappa shape index (κ2) is 8.93. The molecule has 1 saturated carbocycles. The van der Waals surface area contributed by atoms with Crippen molar-refractivity contribution in [3.05, 3.63) is 102 Å². The van der Waals surface area contributed by atoms with E-state index in [2.05, 4.69) is 35.7 Å². The van der Waals surface area contributed by atoms with Gasteiger partial charge in [0, 0.05) is 5.92 Å². The third-order valence-corrected chi connectivity index (χ3v) is 6.25. The van der Waals surface area contributed by atoms with Crippen LogP contribution in [0.25, 0.3) is 6.08 Å². The van der Waals surface area contributed by atoms with Crippen molar-refractivity contribution in [1.82, 2.24) is 10.3 Å². The van der Waals surface area contributed by atoms with Crippen molar-refractivity contribution in [2.45, 2.75) is 25.3 Å². The Kier molecular flexibility index (Phi) is 5.69. The third-order valence-electron chi connectivity index (χ3n) is 5.96. The molecule has 0 bridgehead atoms. The van der Waals surface area contributed by atoms with Gasteiger partial charge in [0.2, 0.25) is 0 Å². The first-order valence-electron chi connectivity index (χ1n) is 10.8. The summed E-state index contributed by atoms with van der Waals surface area (Å²) in [5.74, 6) is 0.0547. The molecule has 2 unspecified atom stereocenters. The lowest BCUT2D eigenvalue weighted by atomic mass is 9.77. The standard InChI is InChI=1S/C26H23N3O2S/c30-25(22-15-8-16-31-22)27-26(32)29-24(19-11-5-2-6-12-19)21-14-7-13-20(23(21)28-29)17-18-9-3-1-4-10-18/h1-6,8-12,15-17,21,24H,7,13-14H2,(H,27,30,32)/b20-17-. The molecule has 1 N–H and O–H groups in total. The molecular formula is C26H23N3O2S. The summed E-state index contributed by atoms with van der Waals surface area (Å²) >= 11 is 5.66. The van der Waals surface area contributed by atoms with E-state index in [-0.39, 0.29) is 28.7 Å². The number of nitrogens with zero attached hydrogens (tertiary/aromatic N) is 2. The van der Waals surface area contributed by atoms with Crippen molar-refractivity contribution >= 4 is 35.0 Å². The highest BCUT2D eigenvalue weighted by Gasteiger charge is 2.43. The summed E-state index contributed by atoms with van der Waals surface area (Å²) in [5.41, 5.74) is 4.58. The lowest BCUT2D eigenvalue weighted by Crippen LogP contribution is -2.41. The lowest BCUT2D eigenvalue weighted by molar-refractivity contribution is 0.0944. The molecule has 1 amide bonds. The summed E-state index contributed by atoms with van der Waals surface area (Å²) in [6.45, 7) is 0. The summed E-state index contributed by atoms with van der Waals surface area (Å²) in [6.07, 6.45) is 6.78. The second-order valence-electron chi connectivity index (χ2n) is 8.00. The van der Waals surface area contributed by atoms with Crippen molar-refractivity contribution < 1.29 is 9.21 Å². The normalized spacial score (nSPS) is 21.2. The van der Waals surface area contributed by atoms with Crippen LogP contribution in [-0.2, 0) is 0 Å². The molecule has 2 aromatic carbocycles. The monoisotopic (exact) mass is 441 g/mol. The van der Waals surface area contributed by atoms with Crippen molar-refractivity contribution in [3.8, 4) is 0 Å². The predicted molar refractivity (Wildman–Crippen MR) is 129 cm³/mol. The Morgan fingerprint density at radius 1 is 1.06 bits per heavy atom. The van der Waals surface area contributed by atoms with Gasteiger partial charge < -0.3 is 4.42 Å². The number of hydrazone groups is 1. The molecular weight excluding hydrogens is 418 g/mol. The number of furan rings is 1. The highest BCUT2D eigenvalue weighted by Crippen LogP contribution is 2.44. The average molecular weight is 442 g/mol. The molecule has 5 nitrogen and oxygen atoms in total. The zero-order chi connectivity index (χ0) is 21.9. The number of rotatable bonds is 3. The fraction of sp³-hybridized carbons (Fsp3) is 0.192. The van der Waals surface area contributed by atoms with E-state index in [0.29, 0.717) is 0 Å². The van der Waals surface area contributed by atoms with Crippen molar-refractivity contribution in [3.63, 3.8) is 0 Å². The first-order chi connectivity index (χ1) is 15.7. The number of thiocarbonyl (C=S) groups is 1. The fourth-order valence-electron chi connectivity index (χ4n) is 4.53. The number of carbonyl (C=O) groups is 1. The zero-order valence-electron chi connectivity index (χ0n) is 17.5. The third kappa shape index (κ3) is 4.01. The molecule has 0 saturated heterocycles. The highest BCUT2D eigenvalue weighted by molar-refractivity contribution is 7.80. The zero-order valence-corrected chi connectivity index (χ0v) is 18.3. The maximum Gasteiger partial charge on any atom is 0.293 e. The van der Waals surface area contributed by atoms with Gasteiger partial charge >= 0.3 is 0 Å². The van der Waals surface area contributed by atoms with Crippen LogP contribution in [0, 0.1) is 5.92 Å². The Hall–Kier alpha value is -3.51. The first-order valence-corrected chi connectivity index (χ1v) is 11.2. The Morgan fingerprint density at radius 2 is 1.81 bits per heavy atom. The quantitative estimate of drug-likeness (QED) is 0.538. The minimum absolute atomic E-state index is 0.0601. The average Bonchev–Trinajstić information content (AvgIpc) is 3.49. The number of hydrogen-bond acceptors (Lipinski definition) is 4. The number of fused-ring (bicyclic) bond motifs is 1. The largest absolute Gasteiger partial charge is 0.459 e. The molecule has 32 heavy (non-hydrogen) atoms. The van der Waals surface area contributed by atoms with Crippen molar-refractivity contribution in [2.24, 2.45) is 11.0 Å². The molecule has 5 rings (SSSR count). The predicted octanol–water partition coefficient (Wildman–Crippen LogP) is 5.59. The van der Waals surface area contributed by atoms with Crippen molar-refractivity contribution in [2.75, 3.05) is 0 Å². The van der Waals surface area contributed by atoms with Crippen LogP contribution < -0.4 is 5.32 Å². The van der Waals surface area contributed by atoms with Crippen LogP contribution in [0.4, 0.5) is 0 Å². The van der Waals surface area contributed by atoms with Gasteiger partial charge in [-0.05, 0) is 66.4 Å². The maximum atomic E-state index is 12.6. The fourth-order valence-corrected chi connectivity index (χ4v) is 4.77. The van der Waals surface area contributed by atoms with Gasteiger partial charge in [-0.15, -0.1) is 0 Å². The lowest BCUT2D eigenvalue weighted by Gasteiger charge is -2.30. The van der Waals surface area contributed by atoms with E-state index in [1.807, 2.05) is 36.4 Å². The van der Waals surface area contributed by atoms with Gasteiger partial charge in [-0.25, -0.2) is 5.01 Å². The van der Waals surface area contributed by atoms with E-state index in [4.69, 9.17) is 21.7 Å². The molecule has 1 fully saturated rings. The van der Waals surface area contributed by atoms with E-state index in [1.54, 1.807) is 17.1 Å². The molecule has 0 radical (unpaired) electrons. The van der Waals surface area contributed by atoms with Crippen LogP contribution in [0.5, 0.6) is 0 Å². The second-order valence-corrected chi connectivity index (χ2v) is 8.39. The van der Waals surface area contributed by atoms with Crippen LogP contribution in [0.1, 0.15) is 47.0 Å². The topological polar surface area (TPSA) is 57.8 Å².